The number of thiazole rings is 2. The molecule has 0 aliphatic carbocycles. The molecule has 0 atom stereocenters. The summed E-state index contributed by atoms with van der Waals surface area (Å²) in [6.45, 7) is 6.93. The van der Waals surface area contributed by atoms with Crippen LogP contribution in [0.2, 0.25) is 5.02 Å². The van der Waals surface area contributed by atoms with Crippen molar-refractivity contribution in [1.29, 1.82) is 0 Å². The van der Waals surface area contributed by atoms with Crippen LogP contribution in [0.25, 0.3) is 0 Å². The van der Waals surface area contributed by atoms with E-state index in [4.69, 9.17) is 21.6 Å². The van der Waals surface area contributed by atoms with Crippen LogP contribution in [-0.4, -0.2) is 87.8 Å². The molecule has 4 heterocycles. The van der Waals surface area contributed by atoms with Gasteiger partial charge in [-0.2, -0.15) is 8.61 Å². The first-order valence-corrected chi connectivity index (χ1v) is 24.9. The number of anilines is 2. The number of hydrogen-bond donors (Lipinski definition) is 0. The zero-order valence-corrected chi connectivity index (χ0v) is 38.4. The molecule has 0 N–H and O–H groups in total. The monoisotopic (exact) mass is 974 g/mol. The van der Waals surface area contributed by atoms with Gasteiger partial charge < -0.3 is 9.80 Å². The fourth-order valence-electron chi connectivity index (χ4n) is 6.93. The van der Waals surface area contributed by atoms with Crippen molar-refractivity contribution in [3.8, 4) is 0 Å². The van der Waals surface area contributed by atoms with Gasteiger partial charge in [0, 0.05) is 85.5 Å². The summed E-state index contributed by atoms with van der Waals surface area (Å²) < 4.78 is 82.9. The first-order chi connectivity index (χ1) is 28.6. The third kappa shape index (κ3) is 10.6. The van der Waals surface area contributed by atoms with E-state index in [-0.39, 0.29) is 9.79 Å². The molecule has 0 saturated carbocycles. The van der Waals surface area contributed by atoms with Crippen LogP contribution < -0.4 is 9.80 Å². The average Bonchev–Trinajstić information content (AvgIpc) is 3.91. The Morgan fingerprint density at radius 3 is 1.52 bits per heavy atom. The summed E-state index contributed by atoms with van der Waals surface area (Å²) in [5, 5.41) is 6.58. The molecule has 0 amide bonds. The highest BCUT2D eigenvalue weighted by molar-refractivity contribution is 9.10. The largest absolute Gasteiger partial charge is 0.345 e. The standard InChI is InChI=1S/C21H21BrFN3O2S2.C21H21ClFN3O2S2/c1-15-5-6-18(23)13-20(15)30(27,28)26-9-7-25(8-10-26)21-24-19(14-29-21)12-16-3-2-4-17(22)11-16;1-15-2-7-18(23)13-20(15)30(27,28)26-10-8-25(9-11-26)21-24-19(14-29-21)12-16-3-5-17(22)6-4-16/h2-6,11,13-14H,7-10,12H2,1H3;2-7,13-14H,8-12H2,1H3. The zero-order chi connectivity index (χ0) is 42.6. The summed E-state index contributed by atoms with van der Waals surface area (Å²) in [6, 6.07) is 23.6. The molecule has 2 saturated heterocycles. The molecule has 6 aromatic rings. The predicted octanol–water partition coefficient (Wildman–Crippen LogP) is 8.80. The van der Waals surface area contributed by atoms with Gasteiger partial charge in [-0.3, -0.25) is 0 Å². The minimum atomic E-state index is -3.72. The second kappa shape index (κ2) is 19.1. The third-order valence-corrected chi connectivity index (χ3v) is 16.9. The Kier molecular flexibility index (Phi) is 14.1. The lowest BCUT2D eigenvalue weighted by Gasteiger charge is -2.34. The summed E-state index contributed by atoms with van der Waals surface area (Å²) in [5.41, 5.74) is 5.39. The smallest absolute Gasteiger partial charge is 0.243 e. The van der Waals surface area contributed by atoms with Crippen LogP contribution in [0, 0.1) is 25.5 Å². The summed E-state index contributed by atoms with van der Waals surface area (Å²) in [5.74, 6) is -1.09. The molecule has 10 nitrogen and oxygen atoms in total. The molecule has 316 valence electrons. The van der Waals surface area contributed by atoms with Gasteiger partial charge >= 0.3 is 0 Å². The molecular formula is C42H42BrClF2N6O4S4. The predicted molar refractivity (Wildman–Crippen MR) is 240 cm³/mol. The van der Waals surface area contributed by atoms with Gasteiger partial charge in [-0.05, 0) is 84.6 Å². The Hall–Kier alpha value is -3.81. The van der Waals surface area contributed by atoms with E-state index in [1.54, 1.807) is 36.5 Å². The lowest BCUT2D eigenvalue weighted by atomic mass is 10.1. The molecule has 4 aromatic carbocycles. The van der Waals surface area contributed by atoms with E-state index in [1.165, 1.54) is 38.4 Å². The number of sulfonamides is 2. The summed E-state index contributed by atoms with van der Waals surface area (Å²) in [7, 11) is -7.44. The van der Waals surface area contributed by atoms with Crippen molar-refractivity contribution in [3.05, 3.63) is 150 Å². The first kappa shape index (κ1) is 44.3. The number of halogens is 4. The quantitative estimate of drug-likeness (QED) is 0.134. The maximum Gasteiger partial charge on any atom is 0.243 e. The molecule has 2 aliphatic heterocycles. The summed E-state index contributed by atoms with van der Waals surface area (Å²) in [4.78, 5) is 13.7. The molecule has 2 aliphatic rings. The van der Waals surface area contributed by atoms with Crippen LogP contribution in [0.5, 0.6) is 0 Å². The van der Waals surface area contributed by atoms with Gasteiger partial charge in [-0.1, -0.05) is 63.9 Å². The van der Waals surface area contributed by atoms with Gasteiger partial charge in [0.1, 0.15) is 11.6 Å². The number of nitrogens with zero attached hydrogens (tertiary/aromatic N) is 6. The topological polar surface area (TPSA) is 107 Å². The van der Waals surface area contributed by atoms with Crippen LogP contribution in [-0.2, 0) is 32.9 Å². The van der Waals surface area contributed by atoms with Gasteiger partial charge in [-0.15, -0.1) is 22.7 Å². The second-order valence-electron chi connectivity index (χ2n) is 14.5. The van der Waals surface area contributed by atoms with Crippen LogP contribution in [0.1, 0.15) is 33.6 Å². The Morgan fingerprint density at radius 2 is 1.07 bits per heavy atom. The molecular weight excluding hydrogens is 934 g/mol. The van der Waals surface area contributed by atoms with E-state index in [2.05, 4.69) is 43.2 Å². The van der Waals surface area contributed by atoms with Gasteiger partial charge in [0.05, 0.1) is 21.2 Å². The molecule has 2 aromatic heterocycles. The van der Waals surface area contributed by atoms with Crippen molar-refractivity contribution in [3.63, 3.8) is 0 Å². The van der Waals surface area contributed by atoms with Gasteiger partial charge in [0.25, 0.3) is 0 Å². The van der Waals surface area contributed by atoms with Crippen molar-refractivity contribution in [1.82, 2.24) is 18.6 Å². The molecule has 0 spiro atoms. The Bertz CT molecular complexity index is 2670. The third-order valence-electron chi connectivity index (χ3n) is 10.2. The molecule has 2 fully saturated rings. The van der Waals surface area contributed by atoms with Crippen molar-refractivity contribution in [2.45, 2.75) is 36.5 Å². The maximum atomic E-state index is 13.6. The lowest BCUT2D eigenvalue weighted by Crippen LogP contribution is -2.48. The number of piperazine rings is 2. The first-order valence-electron chi connectivity index (χ1n) is 19.1. The zero-order valence-electron chi connectivity index (χ0n) is 32.8. The van der Waals surface area contributed by atoms with E-state index < -0.39 is 31.7 Å². The summed E-state index contributed by atoms with van der Waals surface area (Å²) >= 11 is 12.6. The fraction of sp³-hybridized carbons (Fsp3) is 0.286. The second-order valence-corrected chi connectivity index (χ2v) is 21.3. The van der Waals surface area contributed by atoms with E-state index in [0.717, 1.165) is 56.7 Å². The highest BCUT2D eigenvalue weighted by Gasteiger charge is 2.32. The van der Waals surface area contributed by atoms with Crippen molar-refractivity contribution < 1.29 is 25.6 Å². The summed E-state index contributed by atoms with van der Waals surface area (Å²) in [6.07, 6.45) is 1.48. The molecule has 0 bridgehead atoms. The van der Waals surface area contributed by atoms with E-state index in [1.807, 2.05) is 41.8 Å². The molecule has 18 heteroatoms. The fourth-order valence-corrected chi connectivity index (χ4v) is 12.6. The average molecular weight is 976 g/mol. The molecule has 8 rings (SSSR count). The van der Waals surface area contributed by atoms with Crippen molar-refractivity contribution in [2.24, 2.45) is 0 Å². The van der Waals surface area contributed by atoms with Gasteiger partial charge in [-0.25, -0.2) is 35.6 Å². The molecule has 0 radical (unpaired) electrons. The lowest BCUT2D eigenvalue weighted by molar-refractivity contribution is 0.384. The Balaban J connectivity index is 0.000000181. The molecule has 60 heavy (non-hydrogen) atoms. The van der Waals surface area contributed by atoms with Crippen LogP contribution in [0.15, 0.2) is 110 Å². The minimum absolute atomic E-state index is 0.0375. The van der Waals surface area contributed by atoms with Gasteiger partial charge in [0.15, 0.2) is 10.3 Å². The highest BCUT2D eigenvalue weighted by Crippen LogP contribution is 2.29. The van der Waals surface area contributed by atoms with Crippen LogP contribution in [0.3, 0.4) is 0 Å². The highest BCUT2D eigenvalue weighted by atomic mass is 79.9. The number of aryl methyl sites for hydroxylation is 2. The Labute approximate surface area is 371 Å². The van der Waals surface area contributed by atoms with Crippen molar-refractivity contribution in [2.75, 3.05) is 62.2 Å². The van der Waals surface area contributed by atoms with Gasteiger partial charge in [0.2, 0.25) is 20.0 Å². The van der Waals surface area contributed by atoms with E-state index in [9.17, 15) is 25.6 Å². The maximum absolute atomic E-state index is 13.6. The van der Waals surface area contributed by atoms with E-state index in [0.29, 0.717) is 68.5 Å². The normalized spacial score (nSPS) is 15.5. The Morgan fingerprint density at radius 1 is 0.617 bits per heavy atom. The number of aromatic nitrogens is 2. The van der Waals surface area contributed by atoms with Crippen LogP contribution >= 0.6 is 50.2 Å². The van der Waals surface area contributed by atoms with E-state index >= 15 is 0 Å². The molecule has 0 unspecified atom stereocenters. The number of benzene rings is 4. The SMILES string of the molecule is Cc1ccc(F)cc1S(=O)(=O)N1CCN(c2nc(Cc3ccc(Cl)cc3)cs2)CC1.Cc1ccc(F)cc1S(=O)(=O)N1CCN(c2nc(Cc3cccc(Br)c3)cs2)CC1. The van der Waals surface area contributed by atoms with Crippen molar-refractivity contribution >= 4 is 80.5 Å². The minimum Gasteiger partial charge on any atom is -0.345 e. The number of rotatable bonds is 10. The van der Waals surface area contributed by atoms with Crippen LogP contribution in [0.4, 0.5) is 19.0 Å². The number of hydrogen-bond acceptors (Lipinski definition) is 10.